The number of ketones is 1. The molecule has 0 fully saturated rings. The van der Waals surface area contributed by atoms with Crippen LogP contribution in [0, 0.1) is 0 Å². The number of hydrogen-bond donors (Lipinski definition) is 1. The highest BCUT2D eigenvalue weighted by molar-refractivity contribution is 5.98. The molecule has 1 N–H and O–H groups in total. The fourth-order valence-electron chi connectivity index (χ4n) is 1.41. The van der Waals surface area contributed by atoms with Crippen molar-refractivity contribution in [3.63, 3.8) is 0 Å². The van der Waals surface area contributed by atoms with E-state index in [1.165, 1.54) is 0 Å². The van der Waals surface area contributed by atoms with Gasteiger partial charge in [-0.3, -0.25) is 4.79 Å². The summed E-state index contributed by atoms with van der Waals surface area (Å²) in [6.07, 6.45) is 2.29. The Morgan fingerprint density at radius 2 is 1.92 bits per heavy atom. The molecule has 2 rings (SSSR count). The first-order valence-corrected chi connectivity index (χ1v) is 4.40. The van der Waals surface area contributed by atoms with Gasteiger partial charge in [0.1, 0.15) is 0 Å². The summed E-state index contributed by atoms with van der Waals surface area (Å²) in [5.41, 5.74) is 2.02. The highest BCUT2D eigenvalue weighted by atomic mass is 16.1. The van der Waals surface area contributed by atoms with Crippen LogP contribution in [-0.4, -0.2) is 12.3 Å². The Balaban J connectivity index is 2.31. The molecule has 0 saturated carbocycles. The summed E-state index contributed by atoms with van der Waals surface area (Å²) in [5.74, 6) is 0.206. The van der Waals surface area contributed by atoms with Crippen LogP contribution in [0.1, 0.15) is 12.0 Å². The Morgan fingerprint density at radius 1 is 1.15 bits per heavy atom. The SMILES string of the molecule is O=C1C=C(c2ccccc2)NCC1. The second-order valence-electron chi connectivity index (χ2n) is 3.07. The number of rotatable bonds is 1. The number of carbonyl (C=O) groups excluding carboxylic acids is 1. The number of benzene rings is 1. The molecule has 0 atom stereocenters. The van der Waals surface area contributed by atoms with E-state index in [2.05, 4.69) is 5.32 Å². The van der Waals surface area contributed by atoms with Crippen molar-refractivity contribution in [1.29, 1.82) is 0 Å². The van der Waals surface area contributed by atoms with E-state index in [-0.39, 0.29) is 5.78 Å². The molecular weight excluding hydrogens is 162 g/mol. The van der Waals surface area contributed by atoms with Crippen LogP contribution < -0.4 is 5.32 Å². The maximum Gasteiger partial charge on any atom is 0.159 e. The zero-order valence-corrected chi connectivity index (χ0v) is 7.29. The molecule has 0 radical (unpaired) electrons. The molecule has 0 unspecified atom stereocenters. The number of nitrogens with one attached hydrogen (secondary N) is 1. The molecule has 1 aliphatic heterocycles. The number of allylic oxidation sites excluding steroid dienone is 1. The van der Waals surface area contributed by atoms with Gasteiger partial charge >= 0.3 is 0 Å². The van der Waals surface area contributed by atoms with E-state index >= 15 is 0 Å². The molecule has 66 valence electrons. The summed E-state index contributed by atoms with van der Waals surface area (Å²) in [5, 5.41) is 3.21. The van der Waals surface area contributed by atoms with Gasteiger partial charge in [0.2, 0.25) is 0 Å². The maximum atomic E-state index is 11.1. The van der Waals surface area contributed by atoms with Crippen molar-refractivity contribution in [2.75, 3.05) is 6.54 Å². The molecule has 0 spiro atoms. The lowest BCUT2D eigenvalue weighted by Crippen LogP contribution is -2.22. The lowest BCUT2D eigenvalue weighted by molar-refractivity contribution is -0.114. The first kappa shape index (κ1) is 8.05. The molecule has 0 bridgehead atoms. The van der Waals surface area contributed by atoms with E-state index < -0.39 is 0 Å². The van der Waals surface area contributed by atoms with Gasteiger partial charge in [0, 0.05) is 24.7 Å². The highest BCUT2D eigenvalue weighted by Gasteiger charge is 2.09. The monoisotopic (exact) mass is 173 g/mol. The van der Waals surface area contributed by atoms with Crippen LogP contribution in [0.25, 0.3) is 5.70 Å². The summed E-state index contributed by atoms with van der Waals surface area (Å²) in [6, 6.07) is 9.90. The summed E-state index contributed by atoms with van der Waals surface area (Å²) in [6.45, 7) is 0.750. The van der Waals surface area contributed by atoms with Gasteiger partial charge in [-0.15, -0.1) is 0 Å². The molecule has 1 heterocycles. The lowest BCUT2D eigenvalue weighted by Gasteiger charge is -2.14. The van der Waals surface area contributed by atoms with E-state index in [9.17, 15) is 4.79 Å². The maximum absolute atomic E-state index is 11.1. The van der Waals surface area contributed by atoms with E-state index in [4.69, 9.17) is 0 Å². The second kappa shape index (κ2) is 3.44. The van der Waals surface area contributed by atoms with E-state index in [0.29, 0.717) is 6.42 Å². The van der Waals surface area contributed by atoms with Crippen molar-refractivity contribution in [3.8, 4) is 0 Å². The molecule has 1 aromatic carbocycles. The summed E-state index contributed by atoms with van der Waals surface area (Å²) in [7, 11) is 0. The first-order chi connectivity index (χ1) is 6.36. The largest absolute Gasteiger partial charge is 0.384 e. The Bertz CT molecular complexity index is 340. The van der Waals surface area contributed by atoms with Crippen molar-refractivity contribution in [1.82, 2.24) is 5.32 Å². The van der Waals surface area contributed by atoms with Gasteiger partial charge < -0.3 is 5.32 Å². The van der Waals surface area contributed by atoms with E-state index in [1.807, 2.05) is 30.3 Å². The fraction of sp³-hybridized carbons (Fsp3) is 0.182. The van der Waals surface area contributed by atoms with Gasteiger partial charge in [-0.25, -0.2) is 0 Å². The quantitative estimate of drug-likeness (QED) is 0.698. The molecule has 1 aromatic rings. The summed E-state index contributed by atoms with van der Waals surface area (Å²) in [4.78, 5) is 11.1. The fourth-order valence-corrected chi connectivity index (χ4v) is 1.41. The molecule has 1 aliphatic rings. The van der Waals surface area contributed by atoms with Crippen molar-refractivity contribution in [3.05, 3.63) is 42.0 Å². The third-order valence-electron chi connectivity index (χ3n) is 2.08. The zero-order chi connectivity index (χ0) is 9.10. The Labute approximate surface area is 77.3 Å². The molecule has 0 aliphatic carbocycles. The average molecular weight is 173 g/mol. The Hall–Kier alpha value is -1.57. The third-order valence-corrected chi connectivity index (χ3v) is 2.08. The molecular formula is C11H11NO. The standard InChI is InChI=1S/C11H11NO/c13-10-6-7-12-11(8-10)9-4-2-1-3-5-9/h1-5,8,12H,6-7H2. The van der Waals surface area contributed by atoms with Crippen molar-refractivity contribution in [2.45, 2.75) is 6.42 Å². The highest BCUT2D eigenvalue weighted by Crippen LogP contribution is 2.13. The van der Waals surface area contributed by atoms with Gasteiger partial charge in [-0.2, -0.15) is 0 Å². The van der Waals surface area contributed by atoms with Crippen molar-refractivity contribution >= 4 is 11.5 Å². The van der Waals surface area contributed by atoms with Crippen LogP contribution in [-0.2, 0) is 4.79 Å². The van der Waals surface area contributed by atoms with Gasteiger partial charge in [0.25, 0.3) is 0 Å². The van der Waals surface area contributed by atoms with Crippen molar-refractivity contribution in [2.24, 2.45) is 0 Å². The average Bonchev–Trinajstić information content (AvgIpc) is 2.19. The van der Waals surface area contributed by atoms with Crippen LogP contribution >= 0.6 is 0 Å². The normalized spacial score (nSPS) is 16.3. The minimum atomic E-state index is 0.206. The molecule has 2 nitrogen and oxygen atoms in total. The van der Waals surface area contributed by atoms with Gasteiger partial charge in [-0.05, 0) is 5.56 Å². The topological polar surface area (TPSA) is 29.1 Å². The summed E-state index contributed by atoms with van der Waals surface area (Å²) >= 11 is 0. The predicted octanol–water partition coefficient (Wildman–Crippen LogP) is 1.59. The Kier molecular flexibility index (Phi) is 2.13. The van der Waals surface area contributed by atoms with Gasteiger partial charge in [-0.1, -0.05) is 30.3 Å². The van der Waals surface area contributed by atoms with Crippen LogP contribution in [0.5, 0.6) is 0 Å². The predicted molar refractivity (Wildman–Crippen MR) is 52.0 cm³/mol. The lowest BCUT2D eigenvalue weighted by atomic mass is 10.1. The first-order valence-electron chi connectivity index (χ1n) is 4.40. The third kappa shape index (κ3) is 1.78. The molecule has 0 aromatic heterocycles. The zero-order valence-electron chi connectivity index (χ0n) is 7.29. The van der Waals surface area contributed by atoms with Crippen molar-refractivity contribution < 1.29 is 4.79 Å². The molecule has 0 saturated heterocycles. The van der Waals surface area contributed by atoms with E-state index in [0.717, 1.165) is 17.8 Å². The molecule has 13 heavy (non-hydrogen) atoms. The van der Waals surface area contributed by atoms with E-state index in [1.54, 1.807) is 6.08 Å². The molecule has 0 amide bonds. The van der Waals surface area contributed by atoms with Gasteiger partial charge in [0.05, 0.1) is 0 Å². The minimum Gasteiger partial charge on any atom is -0.384 e. The number of hydrogen-bond acceptors (Lipinski definition) is 2. The van der Waals surface area contributed by atoms with Crippen LogP contribution in [0.15, 0.2) is 36.4 Å². The smallest absolute Gasteiger partial charge is 0.159 e. The van der Waals surface area contributed by atoms with Gasteiger partial charge in [0.15, 0.2) is 5.78 Å². The number of carbonyl (C=O) groups is 1. The Morgan fingerprint density at radius 3 is 2.62 bits per heavy atom. The second-order valence-corrected chi connectivity index (χ2v) is 3.07. The molecule has 2 heteroatoms. The van der Waals surface area contributed by atoms with Crippen LogP contribution in [0.3, 0.4) is 0 Å². The van der Waals surface area contributed by atoms with Crippen LogP contribution in [0.2, 0.25) is 0 Å². The minimum absolute atomic E-state index is 0.206. The van der Waals surface area contributed by atoms with Crippen LogP contribution in [0.4, 0.5) is 0 Å². The summed E-state index contributed by atoms with van der Waals surface area (Å²) < 4.78 is 0.